The minimum absolute atomic E-state index is 0.123. The van der Waals surface area contributed by atoms with E-state index in [9.17, 15) is 5.26 Å². The summed E-state index contributed by atoms with van der Waals surface area (Å²) in [6.45, 7) is 10.6. The van der Waals surface area contributed by atoms with Crippen molar-refractivity contribution in [1.29, 1.82) is 5.26 Å². The summed E-state index contributed by atoms with van der Waals surface area (Å²) in [5, 5.41) is 14.0. The number of nitriles is 1. The van der Waals surface area contributed by atoms with E-state index in [0.29, 0.717) is 5.56 Å². The molecule has 38 heavy (non-hydrogen) atoms. The third kappa shape index (κ3) is 4.95. The molecule has 1 aromatic heterocycles. The van der Waals surface area contributed by atoms with E-state index in [0.717, 1.165) is 75.5 Å². The molecule has 3 unspecified atom stereocenters. The number of hydrogen-bond donors (Lipinski definition) is 1. The maximum atomic E-state index is 9.53. The van der Waals surface area contributed by atoms with Crippen LogP contribution in [0.4, 0.5) is 11.4 Å². The fourth-order valence-electron chi connectivity index (χ4n) is 6.24. The number of fused-ring (bicyclic) bond motifs is 2. The van der Waals surface area contributed by atoms with Crippen molar-refractivity contribution in [2.24, 2.45) is 0 Å². The summed E-state index contributed by atoms with van der Waals surface area (Å²) in [7, 11) is 1.79. The number of pyridine rings is 1. The van der Waals surface area contributed by atoms with Gasteiger partial charge in [-0.15, -0.1) is 0 Å². The van der Waals surface area contributed by atoms with Crippen molar-refractivity contribution in [3.63, 3.8) is 0 Å². The zero-order valence-electron chi connectivity index (χ0n) is 22.3. The Labute approximate surface area is 224 Å². The molecule has 6 rings (SSSR count). The molecule has 3 aliphatic heterocycles. The average Bonchev–Trinajstić information content (AvgIpc) is 2.96. The molecule has 198 valence electrons. The molecule has 8 nitrogen and oxygen atoms in total. The van der Waals surface area contributed by atoms with Gasteiger partial charge in [0.15, 0.2) is 0 Å². The first kappa shape index (κ1) is 25.1. The third-order valence-corrected chi connectivity index (χ3v) is 8.14. The molecule has 3 atom stereocenters. The summed E-state index contributed by atoms with van der Waals surface area (Å²) >= 11 is 0. The first-order chi connectivity index (χ1) is 18.6. The van der Waals surface area contributed by atoms with Gasteiger partial charge in [-0.1, -0.05) is 6.07 Å². The quantitative estimate of drug-likeness (QED) is 0.558. The maximum absolute atomic E-state index is 9.53. The van der Waals surface area contributed by atoms with Crippen LogP contribution in [0.1, 0.15) is 29.7 Å². The minimum atomic E-state index is 0.123. The smallest absolute Gasteiger partial charge is 0.101 e. The summed E-state index contributed by atoms with van der Waals surface area (Å²) in [6.07, 6.45) is 2.15. The Morgan fingerprint density at radius 3 is 2.79 bits per heavy atom. The van der Waals surface area contributed by atoms with Crippen molar-refractivity contribution in [3.05, 3.63) is 65.4 Å². The molecular weight excluding hydrogens is 476 g/mol. The van der Waals surface area contributed by atoms with Gasteiger partial charge < -0.3 is 24.6 Å². The molecule has 1 N–H and O–H groups in total. The van der Waals surface area contributed by atoms with Crippen LogP contribution in [0.25, 0.3) is 10.9 Å². The van der Waals surface area contributed by atoms with Gasteiger partial charge in [-0.2, -0.15) is 5.26 Å². The Hall–Kier alpha value is -3.22. The van der Waals surface area contributed by atoms with E-state index in [4.69, 9.17) is 9.47 Å². The van der Waals surface area contributed by atoms with Gasteiger partial charge in [0, 0.05) is 89.0 Å². The number of hydrogen-bond acceptors (Lipinski definition) is 8. The van der Waals surface area contributed by atoms with E-state index < -0.39 is 0 Å². The predicted molar refractivity (Wildman–Crippen MR) is 150 cm³/mol. The molecule has 2 aromatic carbocycles. The minimum Gasteiger partial charge on any atom is -0.375 e. The standard InChI is InChI=1S/C30H36N6O2/c1-21-18-36(28-8-6-22(15-31)30-26(28)4-3-9-33-30)20-25(38-21)19-34-10-12-35(13-11-34)24-7-5-23-16-32-17-29(37-2)27(23)14-24/h3-9,14,21,25,29,32H,10-13,16-20H2,1-2H3. The molecule has 0 bridgehead atoms. The second-order valence-corrected chi connectivity index (χ2v) is 10.6. The largest absolute Gasteiger partial charge is 0.375 e. The zero-order valence-corrected chi connectivity index (χ0v) is 22.3. The van der Waals surface area contributed by atoms with Crippen LogP contribution in [0.5, 0.6) is 0 Å². The monoisotopic (exact) mass is 512 g/mol. The maximum Gasteiger partial charge on any atom is 0.101 e. The van der Waals surface area contributed by atoms with Gasteiger partial charge >= 0.3 is 0 Å². The summed E-state index contributed by atoms with van der Waals surface area (Å²) in [5.74, 6) is 0. The molecule has 0 amide bonds. The van der Waals surface area contributed by atoms with Gasteiger partial charge in [0.1, 0.15) is 6.07 Å². The molecule has 2 saturated heterocycles. The molecule has 0 spiro atoms. The second kappa shape index (κ2) is 10.9. The molecular formula is C30H36N6O2. The van der Waals surface area contributed by atoms with Crippen LogP contribution in [0, 0.1) is 11.3 Å². The number of aromatic nitrogens is 1. The normalized spacial score (nSPS) is 24.3. The third-order valence-electron chi connectivity index (χ3n) is 8.14. The highest BCUT2D eigenvalue weighted by molar-refractivity contribution is 5.95. The number of morpholine rings is 1. The fraction of sp³-hybridized carbons (Fsp3) is 0.467. The van der Waals surface area contributed by atoms with Gasteiger partial charge in [-0.25, -0.2) is 0 Å². The van der Waals surface area contributed by atoms with Crippen LogP contribution >= 0.6 is 0 Å². The van der Waals surface area contributed by atoms with Crippen molar-refractivity contribution >= 4 is 22.3 Å². The van der Waals surface area contributed by atoms with E-state index in [1.165, 1.54) is 16.8 Å². The van der Waals surface area contributed by atoms with E-state index >= 15 is 0 Å². The highest BCUT2D eigenvalue weighted by atomic mass is 16.5. The summed E-state index contributed by atoms with van der Waals surface area (Å²) in [4.78, 5) is 11.9. The lowest BCUT2D eigenvalue weighted by Gasteiger charge is -2.42. The number of benzene rings is 2. The molecule has 3 aromatic rings. The summed E-state index contributed by atoms with van der Waals surface area (Å²) in [6, 6.07) is 17.1. The van der Waals surface area contributed by atoms with E-state index in [-0.39, 0.29) is 18.3 Å². The SMILES string of the molecule is COC1CNCc2ccc(N3CCN(CC4CN(c5ccc(C#N)c6ncccc56)CC(C)O4)CC3)cc21. The van der Waals surface area contributed by atoms with E-state index in [1.54, 1.807) is 13.3 Å². The van der Waals surface area contributed by atoms with Crippen molar-refractivity contribution in [2.75, 3.05) is 69.3 Å². The lowest BCUT2D eigenvalue weighted by molar-refractivity contribution is -0.0327. The number of piperazine rings is 1. The number of nitrogens with one attached hydrogen (secondary N) is 1. The van der Waals surface area contributed by atoms with Gasteiger partial charge in [0.25, 0.3) is 0 Å². The van der Waals surface area contributed by atoms with Gasteiger partial charge in [-0.3, -0.25) is 9.88 Å². The highest BCUT2D eigenvalue weighted by Crippen LogP contribution is 2.31. The van der Waals surface area contributed by atoms with Gasteiger partial charge in [0.2, 0.25) is 0 Å². The van der Waals surface area contributed by atoms with Crippen molar-refractivity contribution in [3.8, 4) is 6.07 Å². The number of rotatable bonds is 5. The molecule has 8 heteroatoms. The van der Waals surface area contributed by atoms with E-state index in [2.05, 4.69) is 68.3 Å². The number of nitrogens with zero attached hydrogens (tertiary/aromatic N) is 5. The average molecular weight is 513 g/mol. The van der Waals surface area contributed by atoms with Crippen LogP contribution in [0.3, 0.4) is 0 Å². The van der Waals surface area contributed by atoms with Crippen molar-refractivity contribution in [1.82, 2.24) is 15.2 Å². The van der Waals surface area contributed by atoms with Crippen molar-refractivity contribution < 1.29 is 9.47 Å². The Morgan fingerprint density at radius 1 is 1.11 bits per heavy atom. The number of anilines is 2. The first-order valence-corrected chi connectivity index (χ1v) is 13.6. The van der Waals surface area contributed by atoms with Gasteiger partial charge in [0.05, 0.1) is 29.4 Å². The van der Waals surface area contributed by atoms with Gasteiger partial charge in [-0.05, 0) is 54.4 Å². The second-order valence-electron chi connectivity index (χ2n) is 10.6. The first-order valence-electron chi connectivity index (χ1n) is 13.6. The number of methoxy groups -OCH3 is 1. The fourth-order valence-corrected chi connectivity index (χ4v) is 6.24. The molecule has 2 fully saturated rings. The summed E-state index contributed by atoms with van der Waals surface area (Å²) < 4.78 is 12.1. The van der Waals surface area contributed by atoms with Crippen LogP contribution in [-0.2, 0) is 16.0 Å². The molecule has 4 heterocycles. The summed E-state index contributed by atoms with van der Waals surface area (Å²) in [5.41, 5.74) is 6.48. The predicted octanol–water partition coefficient (Wildman–Crippen LogP) is 3.31. The molecule has 3 aliphatic rings. The number of ether oxygens (including phenoxy) is 2. The van der Waals surface area contributed by atoms with Crippen molar-refractivity contribution in [2.45, 2.75) is 31.8 Å². The lowest BCUT2D eigenvalue weighted by Crippen LogP contribution is -2.54. The molecule has 0 radical (unpaired) electrons. The zero-order chi connectivity index (χ0) is 26.1. The van der Waals surface area contributed by atoms with E-state index in [1.807, 2.05) is 12.1 Å². The molecule has 0 saturated carbocycles. The molecule has 0 aliphatic carbocycles. The van der Waals surface area contributed by atoms with Crippen LogP contribution < -0.4 is 15.1 Å². The Kier molecular flexibility index (Phi) is 7.18. The van der Waals surface area contributed by atoms with Crippen LogP contribution in [-0.4, -0.2) is 81.6 Å². The highest BCUT2D eigenvalue weighted by Gasteiger charge is 2.30. The Morgan fingerprint density at radius 2 is 1.97 bits per heavy atom. The van der Waals surface area contributed by atoms with Crippen LogP contribution in [0.2, 0.25) is 0 Å². The topological polar surface area (TPSA) is 76.9 Å². The Bertz CT molecular complexity index is 1330. The Balaban J connectivity index is 1.11. The van der Waals surface area contributed by atoms with Crippen LogP contribution in [0.15, 0.2) is 48.7 Å². The lowest BCUT2D eigenvalue weighted by atomic mass is 9.97.